The largest absolute Gasteiger partial charge is 0.508 e. The van der Waals surface area contributed by atoms with E-state index in [-0.39, 0.29) is 58.8 Å². The molecule has 12 atom stereocenters. The topological polar surface area (TPSA) is 125 Å². The molecule has 0 radical (unpaired) electrons. The van der Waals surface area contributed by atoms with Gasteiger partial charge in [-0.25, -0.2) is 0 Å². The van der Waals surface area contributed by atoms with Gasteiger partial charge in [0, 0.05) is 17.8 Å². The molecule has 0 aromatic heterocycles. The van der Waals surface area contributed by atoms with Gasteiger partial charge in [0.25, 0.3) is 0 Å². The molecule has 1 saturated heterocycles. The highest BCUT2D eigenvalue weighted by Gasteiger charge is 2.68. The van der Waals surface area contributed by atoms with Gasteiger partial charge in [0.2, 0.25) is 0 Å². The first-order chi connectivity index (χ1) is 25.8. The number of hydrogen-bond donors (Lipinski definition) is 1. The van der Waals surface area contributed by atoms with Crippen molar-refractivity contribution in [1.82, 2.24) is 0 Å². The van der Waals surface area contributed by atoms with E-state index >= 15 is 0 Å². The van der Waals surface area contributed by atoms with Crippen LogP contribution in [0.25, 0.3) is 0 Å². The van der Waals surface area contributed by atoms with E-state index in [4.69, 9.17) is 24.1 Å². The van der Waals surface area contributed by atoms with Crippen molar-refractivity contribution in [2.24, 2.45) is 69.5 Å². The molecule has 0 spiro atoms. The maximum Gasteiger partial charge on any atom is 0.316 e. The molecular formula is C46H68O9. The summed E-state index contributed by atoms with van der Waals surface area (Å²) in [5.74, 6) is 6.22. The Kier molecular flexibility index (Phi) is 11.6. The molecule has 306 valence electrons. The third kappa shape index (κ3) is 7.68. The number of ether oxygens (including phenoxy) is 4. The molecule has 1 aromatic carbocycles. The molecule has 1 aromatic rings. The molecule has 12 unspecified atom stereocenters. The molecule has 9 heteroatoms. The molecule has 7 fully saturated rings. The van der Waals surface area contributed by atoms with Crippen LogP contribution in [-0.4, -0.2) is 46.8 Å². The smallest absolute Gasteiger partial charge is 0.316 e. The number of fused-ring (bicyclic) bond motifs is 10. The normalized spacial score (nSPS) is 36.0. The fourth-order valence-electron chi connectivity index (χ4n) is 11.2. The van der Waals surface area contributed by atoms with E-state index in [0.29, 0.717) is 23.5 Å². The van der Waals surface area contributed by atoms with Crippen molar-refractivity contribution in [3.63, 3.8) is 0 Å². The van der Waals surface area contributed by atoms with Gasteiger partial charge in [-0.3, -0.25) is 19.2 Å². The Bertz CT molecular complexity index is 1590. The predicted octanol–water partition coefficient (Wildman–Crippen LogP) is 9.47. The van der Waals surface area contributed by atoms with Crippen LogP contribution >= 0.6 is 0 Å². The SMILES string of the molecule is CCC(C)(C)C(=O)OC1(CC)CC2CC1C1C3CCC(C3)C21.CCC(C)(C)C(=O)OC1C2CC3C(=O)OC1C3C2.CCC(C)(C)C(=O)Oc1ccc(O)cc1. The van der Waals surface area contributed by atoms with Gasteiger partial charge >= 0.3 is 23.9 Å². The second-order valence-electron chi connectivity index (χ2n) is 20.0. The first-order valence-corrected chi connectivity index (χ1v) is 21.5. The van der Waals surface area contributed by atoms with Crippen molar-refractivity contribution in [1.29, 1.82) is 0 Å². The number of phenolic OH excluding ortho intramolecular Hbond substituents is 1. The summed E-state index contributed by atoms with van der Waals surface area (Å²) < 4.78 is 22.5. The maximum atomic E-state index is 12.7. The van der Waals surface area contributed by atoms with Gasteiger partial charge in [0.05, 0.1) is 22.2 Å². The van der Waals surface area contributed by atoms with Gasteiger partial charge in [0.1, 0.15) is 29.3 Å². The minimum absolute atomic E-state index is 0.0455. The third-order valence-corrected chi connectivity index (χ3v) is 15.8. The van der Waals surface area contributed by atoms with Crippen LogP contribution in [0.5, 0.6) is 11.5 Å². The zero-order valence-corrected chi connectivity index (χ0v) is 35.2. The van der Waals surface area contributed by atoms with Crippen molar-refractivity contribution in [2.45, 2.75) is 158 Å². The molecule has 0 amide bonds. The molecule has 6 saturated carbocycles. The molecule has 1 aliphatic heterocycles. The van der Waals surface area contributed by atoms with Gasteiger partial charge < -0.3 is 24.1 Å². The molecule has 6 aliphatic carbocycles. The highest BCUT2D eigenvalue weighted by atomic mass is 16.6. The fraction of sp³-hybridized carbons (Fsp3) is 0.783. The number of esters is 4. The van der Waals surface area contributed by atoms with E-state index in [1.54, 1.807) is 12.1 Å². The number of rotatable bonds is 10. The first kappa shape index (κ1) is 41.5. The monoisotopic (exact) mass is 764 g/mol. The second kappa shape index (κ2) is 15.3. The van der Waals surface area contributed by atoms with Crippen molar-refractivity contribution in [2.75, 3.05) is 0 Å². The Hall–Kier alpha value is -3.10. The van der Waals surface area contributed by atoms with E-state index in [1.165, 1.54) is 37.8 Å². The summed E-state index contributed by atoms with van der Waals surface area (Å²) in [6.45, 7) is 19.8. The molecule has 8 rings (SSSR count). The van der Waals surface area contributed by atoms with Crippen LogP contribution in [0.3, 0.4) is 0 Å². The Morgan fingerprint density at radius 2 is 1.33 bits per heavy atom. The van der Waals surface area contributed by atoms with Gasteiger partial charge in [-0.15, -0.1) is 0 Å². The summed E-state index contributed by atoms with van der Waals surface area (Å²) in [7, 11) is 0. The zero-order chi connectivity index (χ0) is 40.2. The van der Waals surface area contributed by atoms with E-state index in [1.807, 2.05) is 55.4 Å². The Balaban J connectivity index is 0.000000143. The third-order valence-electron chi connectivity index (χ3n) is 15.8. The summed E-state index contributed by atoms with van der Waals surface area (Å²) in [5.41, 5.74) is -1.39. The first-order valence-electron chi connectivity index (χ1n) is 21.5. The predicted molar refractivity (Wildman–Crippen MR) is 209 cm³/mol. The molecule has 9 nitrogen and oxygen atoms in total. The number of carbonyl (C=O) groups is 4. The highest BCUT2D eigenvalue weighted by Crippen LogP contribution is 2.71. The highest BCUT2D eigenvalue weighted by molar-refractivity contribution is 5.79. The number of hydrogen-bond acceptors (Lipinski definition) is 9. The molecule has 1 N–H and O–H groups in total. The van der Waals surface area contributed by atoms with Gasteiger partial charge in [-0.1, -0.05) is 27.7 Å². The van der Waals surface area contributed by atoms with Gasteiger partial charge in [0.15, 0.2) is 0 Å². The summed E-state index contributed by atoms with van der Waals surface area (Å²) in [6.07, 6.45) is 11.7. The maximum absolute atomic E-state index is 12.7. The lowest BCUT2D eigenvalue weighted by atomic mass is 9.65. The molecule has 55 heavy (non-hydrogen) atoms. The lowest BCUT2D eigenvalue weighted by molar-refractivity contribution is -0.183. The molecule has 6 bridgehead atoms. The van der Waals surface area contributed by atoms with Crippen molar-refractivity contribution in [3.8, 4) is 11.5 Å². The van der Waals surface area contributed by atoms with Crippen molar-refractivity contribution in [3.05, 3.63) is 24.3 Å². The van der Waals surface area contributed by atoms with Crippen LogP contribution in [0, 0.1) is 69.5 Å². The van der Waals surface area contributed by atoms with Crippen LogP contribution in [0.1, 0.15) is 140 Å². The average Bonchev–Trinajstić information content (AvgIpc) is 4.03. The lowest BCUT2D eigenvalue weighted by Crippen LogP contribution is -2.49. The molecular weight excluding hydrogens is 696 g/mol. The minimum atomic E-state index is -0.474. The van der Waals surface area contributed by atoms with Crippen LogP contribution in [0.15, 0.2) is 24.3 Å². The molecule has 7 aliphatic rings. The number of benzene rings is 1. The van der Waals surface area contributed by atoms with Crippen LogP contribution in [0.2, 0.25) is 0 Å². The summed E-state index contributed by atoms with van der Waals surface area (Å²) >= 11 is 0. The quantitative estimate of drug-likeness (QED) is 0.107. The summed E-state index contributed by atoms with van der Waals surface area (Å²) in [6, 6.07) is 6.11. The Morgan fingerprint density at radius 1 is 0.745 bits per heavy atom. The number of phenols is 1. The van der Waals surface area contributed by atoms with Gasteiger partial charge in [-0.05, 0) is 166 Å². The molecule has 1 heterocycles. The number of aromatic hydroxyl groups is 1. The Morgan fingerprint density at radius 3 is 1.93 bits per heavy atom. The van der Waals surface area contributed by atoms with Crippen molar-refractivity contribution >= 4 is 23.9 Å². The van der Waals surface area contributed by atoms with Crippen LogP contribution in [-0.2, 0) is 33.4 Å². The number of carbonyl (C=O) groups excluding carboxylic acids is 4. The Labute approximate surface area is 329 Å². The van der Waals surface area contributed by atoms with E-state index in [2.05, 4.69) is 13.8 Å². The summed E-state index contributed by atoms with van der Waals surface area (Å²) in [4.78, 5) is 48.1. The van der Waals surface area contributed by atoms with Crippen LogP contribution in [0.4, 0.5) is 0 Å². The average molecular weight is 765 g/mol. The second-order valence-corrected chi connectivity index (χ2v) is 20.0. The zero-order valence-electron chi connectivity index (χ0n) is 35.2. The minimum Gasteiger partial charge on any atom is -0.508 e. The standard InChI is InChI=1S/C20H32O2.C14H20O4.C12H16O3/c1-5-19(3,4)18(21)22-20(6-2)11-14-10-15(20)17-13-8-7-12(9-13)16(14)17;1-4-14(2,3)13(16)18-10-7-5-8-9(6-7)12(15)17-11(8)10;1-4-12(2,3)11(14)15-10-7-5-9(13)6-8-10/h12-17H,5-11H2,1-4H3;7-11H,4-6H2,1-3H3;5-8,13H,4H2,1-3H3. The van der Waals surface area contributed by atoms with Crippen molar-refractivity contribution < 1.29 is 43.2 Å². The summed E-state index contributed by atoms with van der Waals surface area (Å²) in [5, 5.41) is 9.06. The van der Waals surface area contributed by atoms with Gasteiger partial charge in [-0.2, -0.15) is 0 Å². The fourth-order valence-corrected chi connectivity index (χ4v) is 11.2. The lowest BCUT2D eigenvalue weighted by Gasteiger charge is -2.46. The van der Waals surface area contributed by atoms with E-state index in [9.17, 15) is 19.2 Å². The van der Waals surface area contributed by atoms with E-state index < -0.39 is 10.8 Å². The van der Waals surface area contributed by atoms with Crippen LogP contribution < -0.4 is 4.74 Å². The van der Waals surface area contributed by atoms with E-state index in [0.717, 1.165) is 74.5 Å².